The van der Waals surface area contributed by atoms with Gasteiger partial charge >= 0.3 is 0 Å². The zero-order valence-electron chi connectivity index (χ0n) is 14.6. The van der Waals surface area contributed by atoms with Crippen LogP contribution in [0.15, 0.2) is 48.7 Å². The van der Waals surface area contributed by atoms with Crippen molar-refractivity contribution >= 4 is 28.2 Å². The van der Waals surface area contributed by atoms with Gasteiger partial charge in [0.2, 0.25) is 5.91 Å². The molecule has 3 aromatic rings. The summed E-state index contributed by atoms with van der Waals surface area (Å²) in [5, 5.41) is 13.8. The molecule has 0 bridgehead atoms. The fourth-order valence-electron chi connectivity index (χ4n) is 3.40. The maximum Gasteiger partial charge on any atom is 0.229 e. The van der Waals surface area contributed by atoms with Crippen molar-refractivity contribution in [3.8, 4) is 11.1 Å². The molecular formula is C21H21N3O2. The first-order valence-electron chi connectivity index (χ1n) is 8.74. The Kier molecular flexibility index (Phi) is 4.09. The summed E-state index contributed by atoms with van der Waals surface area (Å²) in [6.45, 7) is 2.13. The number of nitrogens with one attached hydrogen (secondary N) is 1. The normalized spacial score (nSPS) is 18.7. The Labute approximate surface area is 151 Å². The van der Waals surface area contributed by atoms with Gasteiger partial charge in [-0.2, -0.15) is 0 Å². The van der Waals surface area contributed by atoms with Crippen molar-refractivity contribution in [2.45, 2.75) is 13.3 Å². The lowest BCUT2D eigenvalue weighted by molar-refractivity contribution is -0.117. The highest BCUT2D eigenvalue weighted by molar-refractivity contribution is 6.00. The summed E-state index contributed by atoms with van der Waals surface area (Å²) in [7, 11) is 0. The highest BCUT2D eigenvalue weighted by Gasteiger charge is 2.42. The number of nitrogens with zero attached hydrogens (tertiary/aromatic N) is 1. The second-order valence-corrected chi connectivity index (χ2v) is 6.95. The molecule has 5 heteroatoms. The van der Waals surface area contributed by atoms with Crippen molar-refractivity contribution in [3.05, 3.63) is 54.2 Å². The maximum atomic E-state index is 12.2. The molecule has 0 radical (unpaired) electrons. The number of carbonyl (C=O) groups is 1. The molecule has 2 atom stereocenters. The lowest BCUT2D eigenvalue weighted by Crippen LogP contribution is -2.16. The average Bonchev–Trinajstić information content (AvgIpc) is 3.42. The molecule has 5 nitrogen and oxygen atoms in total. The van der Waals surface area contributed by atoms with E-state index in [1.165, 1.54) is 5.56 Å². The molecule has 1 saturated carbocycles. The first-order chi connectivity index (χ1) is 12.6. The minimum absolute atomic E-state index is 0.0551. The number of nitrogens with two attached hydrogens (primary N) is 1. The number of hydrogen-bond acceptors (Lipinski definition) is 4. The number of rotatable bonds is 4. The van der Waals surface area contributed by atoms with E-state index >= 15 is 0 Å². The SMILES string of the molecule is Cc1ccccc1-c1cc(N)c2cnc(NC(=O)C3CC3CO)cc2c1. The third-order valence-electron chi connectivity index (χ3n) is 5.07. The van der Waals surface area contributed by atoms with Crippen LogP contribution in [-0.4, -0.2) is 22.6 Å². The van der Waals surface area contributed by atoms with E-state index in [2.05, 4.69) is 35.4 Å². The number of fused-ring (bicyclic) bond motifs is 1. The Balaban J connectivity index is 1.68. The predicted octanol–water partition coefficient (Wildman–Crippen LogP) is 3.36. The Morgan fingerprint density at radius 3 is 2.85 bits per heavy atom. The third-order valence-corrected chi connectivity index (χ3v) is 5.07. The molecule has 1 aromatic heterocycles. The lowest BCUT2D eigenvalue weighted by Gasteiger charge is -2.11. The summed E-state index contributed by atoms with van der Waals surface area (Å²) < 4.78 is 0. The number of aromatic nitrogens is 1. The number of pyridine rings is 1. The van der Waals surface area contributed by atoms with Crippen LogP contribution in [0.25, 0.3) is 21.9 Å². The number of benzene rings is 2. The van der Waals surface area contributed by atoms with Crippen LogP contribution in [0.5, 0.6) is 0 Å². The Bertz CT molecular complexity index is 1000. The van der Waals surface area contributed by atoms with E-state index in [1.807, 2.05) is 24.3 Å². The zero-order chi connectivity index (χ0) is 18.3. The number of aryl methyl sites for hydroxylation is 1. The molecule has 26 heavy (non-hydrogen) atoms. The van der Waals surface area contributed by atoms with Crippen molar-refractivity contribution in [3.63, 3.8) is 0 Å². The standard InChI is InChI=1S/C21H21N3O2/c1-12-4-2-3-5-16(12)13-6-14-9-20(23-10-18(14)19(22)8-13)24-21(26)17-7-15(17)11-25/h2-6,8-10,15,17,25H,7,11,22H2,1H3,(H,23,24,26). The van der Waals surface area contributed by atoms with Crippen LogP contribution in [0.1, 0.15) is 12.0 Å². The second-order valence-electron chi connectivity index (χ2n) is 6.95. The molecule has 1 aliphatic rings. The van der Waals surface area contributed by atoms with Gasteiger partial charge in [-0.3, -0.25) is 4.79 Å². The van der Waals surface area contributed by atoms with Crippen molar-refractivity contribution in [2.24, 2.45) is 11.8 Å². The highest BCUT2D eigenvalue weighted by Crippen LogP contribution is 2.39. The number of amides is 1. The molecule has 2 unspecified atom stereocenters. The number of nitrogen functional groups attached to an aromatic ring is 1. The summed E-state index contributed by atoms with van der Waals surface area (Å²) in [6, 6.07) is 14.0. The molecule has 4 N–H and O–H groups in total. The van der Waals surface area contributed by atoms with Gasteiger partial charge in [-0.05, 0) is 59.5 Å². The van der Waals surface area contributed by atoms with E-state index in [0.29, 0.717) is 11.5 Å². The van der Waals surface area contributed by atoms with Crippen molar-refractivity contribution in [1.29, 1.82) is 0 Å². The zero-order valence-corrected chi connectivity index (χ0v) is 14.6. The van der Waals surface area contributed by atoms with Crippen LogP contribution in [0.4, 0.5) is 11.5 Å². The highest BCUT2D eigenvalue weighted by atomic mass is 16.3. The second kappa shape index (κ2) is 6.42. The first kappa shape index (κ1) is 16.5. The number of hydrogen-bond donors (Lipinski definition) is 3. The van der Waals surface area contributed by atoms with Gasteiger partial charge in [0.05, 0.1) is 0 Å². The van der Waals surface area contributed by atoms with Gasteiger partial charge in [-0.15, -0.1) is 0 Å². The molecule has 4 rings (SSSR count). The molecular weight excluding hydrogens is 326 g/mol. The van der Waals surface area contributed by atoms with Gasteiger partial charge in [0.1, 0.15) is 5.82 Å². The Hall–Kier alpha value is -2.92. The van der Waals surface area contributed by atoms with Gasteiger partial charge in [0.15, 0.2) is 0 Å². The minimum atomic E-state index is -0.110. The predicted molar refractivity (Wildman–Crippen MR) is 104 cm³/mol. The van der Waals surface area contributed by atoms with E-state index in [-0.39, 0.29) is 24.3 Å². The van der Waals surface area contributed by atoms with Gasteiger partial charge in [-0.1, -0.05) is 24.3 Å². The Morgan fingerprint density at radius 1 is 1.31 bits per heavy atom. The molecule has 1 aliphatic carbocycles. The quantitative estimate of drug-likeness (QED) is 0.632. The number of anilines is 2. The van der Waals surface area contributed by atoms with Crippen LogP contribution in [0.3, 0.4) is 0 Å². The summed E-state index contributed by atoms with van der Waals surface area (Å²) in [4.78, 5) is 16.5. The summed E-state index contributed by atoms with van der Waals surface area (Å²) in [5.41, 5.74) is 10.2. The largest absolute Gasteiger partial charge is 0.398 e. The van der Waals surface area contributed by atoms with Crippen LogP contribution >= 0.6 is 0 Å². The third kappa shape index (κ3) is 3.02. The van der Waals surface area contributed by atoms with Crippen molar-refractivity contribution in [2.75, 3.05) is 17.7 Å². The fourth-order valence-corrected chi connectivity index (χ4v) is 3.40. The van der Waals surface area contributed by atoms with Gasteiger partial charge in [0.25, 0.3) is 0 Å². The molecule has 2 aromatic carbocycles. The number of aliphatic hydroxyl groups excluding tert-OH is 1. The van der Waals surface area contributed by atoms with E-state index in [0.717, 1.165) is 28.3 Å². The van der Waals surface area contributed by atoms with Crippen LogP contribution in [0.2, 0.25) is 0 Å². The van der Waals surface area contributed by atoms with Gasteiger partial charge in [-0.25, -0.2) is 4.98 Å². The fraction of sp³-hybridized carbons (Fsp3) is 0.238. The molecule has 1 fully saturated rings. The summed E-state index contributed by atoms with van der Waals surface area (Å²) >= 11 is 0. The first-order valence-corrected chi connectivity index (χ1v) is 8.74. The molecule has 0 aliphatic heterocycles. The van der Waals surface area contributed by atoms with E-state index in [9.17, 15) is 4.79 Å². The van der Waals surface area contributed by atoms with E-state index in [1.54, 1.807) is 6.20 Å². The Morgan fingerprint density at radius 2 is 2.12 bits per heavy atom. The topological polar surface area (TPSA) is 88.2 Å². The molecule has 1 amide bonds. The molecule has 132 valence electrons. The van der Waals surface area contributed by atoms with Crippen LogP contribution < -0.4 is 11.1 Å². The average molecular weight is 347 g/mol. The molecule has 1 heterocycles. The van der Waals surface area contributed by atoms with E-state index in [4.69, 9.17) is 10.8 Å². The number of carbonyl (C=O) groups excluding carboxylic acids is 1. The number of aliphatic hydroxyl groups is 1. The maximum absolute atomic E-state index is 12.2. The summed E-state index contributed by atoms with van der Waals surface area (Å²) in [6.07, 6.45) is 2.43. The van der Waals surface area contributed by atoms with Gasteiger partial charge in [0, 0.05) is 29.8 Å². The summed E-state index contributed by atoms with van der Waals surface area (Å²) in [5.74, 6) is 0.394. The smallest absolute Gasteiger partial charge is 0.229 e. The van der Waals surface area contributed by atoms with E-state index < -0.39 is 0 Å². The lowest BCUT2D eigenvalue weighted by atomic mass is 9.97. The van der Waals surface area contributed by atoms with Crippen molar-refractivity contribution in [1.82, 2.24) is 4.98 Å². The van der Waals surface area contributed by atoms with Crippen molar-refractivity contribution < 1.29 is 9.90 Å². The molecule has 0 saturated heterocycles. The van der Waals surface area contributed by atoms with Crippen LogP contribution in [-0.2, 0) is 4.79 Å². The minimum Gasteiger partial charge on any atom is -0.398 e. The molecule has 0 spiro atoms. The monoisotopic (exact) mass is 347 g/mol. The van der Waals surface area contributed by atoms with Crippen LogP contribution in [0, 0.1) is 18.8 Å². The van der Waals surface area contributed by atoms with Gasteiger partial charge < -0.3 is 16.2 Å².